The van der Waals surface area contributed by atoms with Gasteiger partial charge in [-0.2, -0.15) is 0 Å². The van der Waals surface area contributed by atoms with Crippen molar-refractivity contribution in [1.82, 2.24) is 0 Å². The molecule has 0 atom stereocenters. The molecule has 0 aliphatic heterocycles. The number of esters is 2. The van der Waals surface area contributed by atoms with Crippen molar-refractivity contribution in [3.63, 3.8) is 0 Å². The monoisotopic (exact) mass is 598 g/mol. The molecule has 0 radical (unpaired) electrons. The number of aliphatic hydroxyl groups is 1. The predicted molar refractivity (Wildman–Crippen MR) is 171 cm³/mol. The molecule has 0 fully saturated rings. The van der Waals surface area contributed by atoms with Crippen LogP contribution < -0.4 is 0 Å². The van der Waals surface area contributed by atoms with Gasteiger partial charge < -0.3 is 19.7 Å². The summed E-state index contributed by atoms with van der Waals surface area (Å²) in [5, 5.41) is 20.0. The Morgan fingerprint density at radius 3 is 1.10 bits per heavy atom. The molecule has 0 rings (SSSR count). The van der Waals surface area contributed by atoms with E-state index >= 15 is 0 Å². The number of hydrogen-bond acceptors (Lipinski definition) is 6. The van der Waals surface area contributed by atoms with Crippen LogP contribution in [-0.2, 0) is 23.9 Å². The topological polar surface area (TPSA) is 110 Å². The highest BCUT2D eigenvalue weighted by molar-refractivity contribution is 5.70. The van der Waals surface area contributed by atoms with Crippen LogP contribution in [0.5, 0.6) is 0 Å². The summed E-state index contributed by atoms with van der Waals surface area (Å²) >= 11 is 0. The van der Waals surface area contributed by atoms with Crippen LogP contribution in [0.2, 0.25) is 0 Å². The van der Waals surface area contributed by atoms with E-state index in [1.807, 2.05) is 0 Å². The highest BCUT2D eigenvalue weighted by Gasteiger charge is 2.31. The van der Waals surface area contributed by atoms with Crippen molar-refractivity contribution >= 4 is 17.9 Å². The summed E-state index contributed by atoms with van der Waals surface area (Å²) in [5.41, 5.74) is -1.57. The average molecular weight is 599 g/mol. The minimum Gasteiger partial charge on any atom is -0.481 e. The number of carbonyl (C=O) groups excluding carboxylic acids is 2. The van der Waals surface area contributed by atoms with E-state index in [1.165, 1.54) is 103 Å². The molecule has 0 aromatic heterocycles. The minimum atomic E-state index is -1.57. The Morgan fingerprint density at radius 2 is 0.786 bits per heavy atom. The molecule has 0 aromatic carbocycles. The van der Waals surface area contributed by atoms with Crippen LogP contribution in [0.3, 0.4) is 0 Å². The van der Waals surface area contributed by atoms with E-state index in [1.54, 1.807) is 0 Å². The lowest BCUT2D eigenvalue weighted by Crippen LogP contribution is -2.41. The molecule has 0 heterocycles. The van der Waals surface area contributed by atoms with Crippen LogP contribution in [0.25, 0.3) is 0 Å². The quantitative estimate of drug-likeness (QED) is 0.0586. The van der Waals surface area contributed by atoms with Gasteiger partial charge in [0.05, 0.1) is 0 Å². The summed E-state index contributed by atoms with van der Waals surface area (Å²) in [7, 11) is 0. The molecular formula is C35H66O7. The van der Waals surface area contributed by atoms with Crippen LogP contribution in [-0.4, -0.2) is 46.9 Å². The summed E-state index contributed by atoms with van der Waals surface area (Å²) < 4.78 is 10.7. The number of carboxylic acid groups (broad SMARTS) is 1. The second kappa shape index (κ2) is 29.4. The first-order valence-electron chi connectivity index (χ1n) is 17.6. The Morgan fingerprint density at radius 1 is 0.476 bits per heavy atom. The standard InChI is InChI=1S/C35H66O7/c1-3-5-7-9-11-13-15-17-19-21-23-27-33(38)41-30-35(40,29-25-26-32(36)37)31-42-34(39)28-24-22-20-18-16-14-12-10-8-6-4-2/h40H,3-31H2,1-2H3,(H,36,37). The SMILES string of the molecule is CCCCCCCCCCCCCC(=O)OCC(O)(CCCC(=O)O)COC(=O)CCCCCCCCCCCCC. The van der Waals surface area contributed by atoms with Gasteiger partial charge in [-0.15, -0.1) is 0 Å². The second-order valence-corrected chi connectivity index (χ2v) is 12.4. The van der Waals surface area contributed by atoms with Crippen LogP contribution >= 0.6 is 0 Å². The highest BCUT2D eigenvalue weighted by Crippen LogP contribution is 2.19. The van der Waals surface area contributed by atoms with Gasteiger partial charge in [-0.05, 0) is 25.7 Å². The smallest absolute Gasteiger partial charge is 0.305 e. The molecule has 7 nitrogen and oxygen atoms in total. The first-order valence-corrected chi connectivity index (χ1v) is 17.6. The Kier molecular flexibility index (Phi) is 28.3. The first kappa shape index (κ1) is 40.4. The van der Waals surface area contributed by atoms with Crippen molar-refractivity contribution in [2.75, 3.05) is 13.2 Å². The largest absolute Gasteiger partial charge is 0.481 e. The maximum Gasteiger partial charge on any atom is 0.305 e. The van der Waals surface area contributed by atoms with Crippen LogP contribution in [0, 0.1) is 0 Å². The normalized spacial score (nSPS) is 11.5. The van der Waals surface area contributed by atoms with Gasteiger partial charge in [-0.3, -0.25) is 14.4 Å². The lowest BCUT2D eigenvalue weighted by atomic mass is 9.98. The Hall–Kier alpha value is -1.63. The highest BCUT2D eigenvalue weighted by atomic mass is 16.6. The third kappa shape index (κ3) is 28.5. The minimum absolute atomic E-state index is 0.0801. The molecule has 2 N–H and O–H groups in total. The fourth-order valence-electron chi connectivity index (χ4n) is 5.20. The third-order valence-corrected chi connectivity index (χ3v) is 8.01. The number of unbranched alkanes of at least 4 members (excludes halogenated alkanes) is 20. The van der Waals surface area contributed by atoms with Crippen LogP contribution in [0.4, 0.5) is 0 Å². The van der Waals surface area contributed by atoms with Crippen molar-refractivity contribution in [1.29, 1.82) is 0 Å². The van der Waals surface area contributed by atoms with E-state index in [4.69, 9.17) is 14.6 Å². The van der Waals surface area contributed by atoms with Gasteiger partial charge in [-0.25, -0.2) is 0 Å². The molecule has 0 aliphatic rings. The summed E-state index contributed by atoms with van der Waals surface area (Å²) in [5.74, 6) is -1.72. The van der Waals surface area contributed by atoms with Crippen molar-refractivity contribution in [2.45, 2.75) is 193 Å². The number of hydrogen-bond donors (Lipinski definition) is 2. The van der Waals surface area contributed by atoms with E-state index in [0.717, 1.165) is 38.5 Å². The molecule has 0 saturated heterocycles. The molecule has 0 aromatic rings. The van der Waals surface area contributed by atoms with E-state index in [2.05, 4.69) is 13.8 Å². The number of carbonyl (C=O) groups is 3. The van der Waals surface area contributed by atoms with Gasteiger partial charge in [0.15, 0.2) is 0 Å². The maximum absolute atomic E-state index is 12.3. The zero-order valence-corrected chi connectivity index (χ0v) is 27.4. The lowest BCUT2D eigenvalue weighted by molar-refractivity contribution is -0.164. The Bertz CT molecular complexity index is 607. The van der Waals surface area contributed by atoms with Crippen LogP contribution in [0.15, 0.2) is 0 Å². The Labute approximate surface area is 257 Å². The number of carboxylic acids is 1. The molecule has 0 unspecified atom stereocenters. The summed E-state index contributed by atoms with van der Waals surface area (Å²) in [6, 6.07) is 0. The fourth-order valence-corrected chi connectivity index (χ4v) is 5.20. The van der Waals surface area contributed by atoms with Gasteiger partial charge >= 0.3 is 17.9 Å². The van der Waals surface area contributed by atoms with Gasteiger partial charge in [-0.1, -0.05) is 142 Å². The van der Waals surface area contributed by atoms with Crippen LogP contribution in [0.1, 0.15) is 187 Å². The molecule has 7 heteroatoms. The summed E-state index contributed by atoms with van der Waals surface area (Å²) in [6.07, 6.45) is 27.1. The molecular weight excluding hydrogens is 532 g/mol. The predicted octanol–water partition coefficient (Wildman–Crippen LogP) is 9.46. The molecule has 248 valence electrons. The molecule has 42 heavy (non-hydrogen) atoms. The molecule has 0 amide bonds. The van der Waals surface area contributed by atoms with Gasteiger partial charge in [0.25, 0.3) is 0 Å². The lowest BCUT2D eigenvalue weighted by Gasteiger charge is -2.27. The number of aliphatic carboxylic acids is 1. The fraction of sp³-hybridized carbons (Fsp3) is 0.914. The number of ether oxygens (including phenoxy) is 2. The van der Waals surface area contributed by atoms with Crippen molar-refractivity contribution in [3.8, 4) is 0 Å². The summed E-state index contributed by atoms with van der Waals surface area (Å²) in [6.45, 7) is 3.87. The van der Waals surface area contributed by atoms with Gasteiger partial charge in [0, 0.05) is 19.3 Å². The maximum atomic E-state index is 12.3. The Balaban J connectivity index is 4.11. The molecule has 0 spiro atoms. The summed E-state index contributed by atoms with van der Waals surface area (Å²) in [4.78, 5) is 35.5. The van der Waals surface area contributed by atoms with E-state index in [9.17, 15) is 19.5 Å². The number of rotatable bonds is 32. The molecule has 0 bridgehead atoms. The average Bonchev–Trinajstić information content (AvgIpc) is 2.96. The molecule has 0 aliphatic carbocycles. The van der Waals surface area contributed by atoms with Crippen molar-refractivity contribution in [2.24, 2.45) is 0 Å². The van der Waals surface area contributed by atoms with Crippen molar-refractivity contribution in [3.05, 3.63) is 0 Å². The van der Waals surface area contributed by atoms with E-state index in [-0.39, 0.29) is 44.4 Å². The first-order chi connectivity index (χ1) is 20.3. The van der Waals surface area contributed by atoms with E-state index < -0.39 is 11.6 Å². The van der Waals surface area contributed by atoms with Crippen molar-refractivity contribution < 1.29 is 34.1 Å². The zero-order chi connectivity index (χ0) is 31.2. The van der Waals surface area contributed by atoms with E-state index in [0.29, 0.717) is 12.8 Å². The van der Waals surface area contributed by atoms with Gasteiger partial charge in [0.1, 0.15) is 18.8 Å². The third-order valence-electron chi connectivity index (χ3n) is 8.01. The van der Waals surface area contributed by atoms with Gasteiger partial charge in [0.2, 0.25) is 0 Å². The zero-order valence-electron chi connectivity index (χ0n) is 27.4. The second-order valence-electron chi connectivity index (χ2n) is 12.4. The molecule has 0 saturated carbocycles.